The molecule has 0 saturated carbocycles. The highest BCUT2D eigenvalue weighted by Gasteiger charge is 2.55. The lowest BCUT2D eigenvalue weighted by molar-refractivity contribution is -0.154. The normalized spacial score (nSPS) is 30.7. The van der Waals surface area contributed by atoms with E-state index in [4.69, 9.17) is 4.74 Å². The predicted octanol–water partition coefficient (Wildman–Crippen LogP) is 4.04. The van der Waals surface area contributed by atoms with Gasteiger partial charge in [0.15, 0.2) is 0 Å². The molecule has 1 saturated heterocycles. The van der Waals surface area contributed by atoms with E-state index in [-0.39, 0.29) is 12.0 Å². The highest BCUT2D eigenvalue weighted by molar-refractivity contribution is 5.91. The minimum absolute atomic E-state index is 0.0779. The Morgan fingerprint density at radius 2 is 2.19 bits per heavy atom. The first-order valence-corrected chi connectivity index (χ1v) is 10.0. The molecule has 2 aromatic rings. The van der Waals surface area contributed by atoms with Crippen molar-refractivity contribution in [3.05, 3.63) is 35.5 Å². The number of methoxy groups -OCH3 is 1. The molecule has 26 heavy (non-hydrogen) atoms. The fraction of sp³-hybridized carbons (Fsp3) is 0.591. The summed E-state index contributed by atoms with van der Waals surface area (Å²) in [5.74, 6) is 0.466. The molecule has 4 atom stereocenters. The van der Waals surface area contributed by atoms with Crippen molar-refractivity contribution < 1.29 is 9.53 Å². The average Bonchev–Trinajstić information content (AvgIpc) is 3.02. The van der Waals surface area contributed by atoms with Crippen LogP contribution in [0, 0.1) is 5.92 Å². The number of unbranched alkanes of at least 4 members (excludes halogenated alkanes) is 1. The molecule has 2 aliphatic heterocycles. The molecule has 0 amide bonds. The number of nitrogens with zero attached hydrogens (tertiary/aromatic N) is 1. The van der Waals surface area contributed by atoms with Crippen LogP contribution in [-0.2, 0) is 21.4 Å². The van der Waals surface area contributed by atoms with Crippen molar-refractivity contribution in [2.75, 3.05) is 20.2 Å². The molecule has 1 N–H and O–H groups in total. The average molecular weight is 354 g/mol. The second-order valence-electron chi connectivity index (χ2n) is 8.12. The summed E-state index contributed by atoms with van der Waals surface area (Å²) in [4.78, 5) is 19.4. The molecule has 0 aliphatic carbocycles. The lowest BCUT2D eigenvalue weighted by Gasteiger charge is -2.48. The third-order valence-electron chi connectivity index (χ3n) is 6.79. The van der Waals surface area contributed by atoms with Crippen LogP contribution in [0.25, 0.3) is 10.9 Å². The minimum Gasteiger partial charge on any atom is -0.468 e. The number of hydrogen-bond acceptors (Lipinski definition) is 3. The van der Waals surface area contributed by atoms with Gasteiger partial charge in [-0.2, -0.15) is 0 Å². The summed E-state index contributed by atoms with van der Waals surface area (Å²) in [6, 6.07) is 8.60. The monoisotopic (exact) mass is 354 g/mol. The van der Waals surface area contributed by atoms with E-state index >= 15 is 0 Å². The zero-order chi connectivity index (χ0) is 18.3. The Bertz CT molecular complexity index is 812. The van der Waals surface area contributed by atoms with E-state index in [9.17, 15) is 4.79 Å². The molecular formula is C22H30N2O2. The number of para-hydroxylation sites is 1. The van der Waals surface area contributed by atoms with E-state index in [1.807, 2.05) is 0 Å². The van der Waals surface area contributed by atoms with E-state index in [0.717, 1.165) is 37.1 Å². The highest BCUT2D eigenvalue weighted by atomic mass is 16.5. The fourth-order valence-electron chi connectivity index (χ4n) is 5.41. The quantitative estimate of drug-likeness (QED) is 0.843. The summed E-state index contributed by atoms with van der Waals surface area (Å²) in [6.07, 6.45) is 5.49. The van der Waals surface area contributed by atoms with Crippen LogP contribution >= 0.6 is 0 Å². The third kappa shape index (κ3) is 2.50. The second kappa shape index (κ2) is 6.73. The van der Waals surface area contributed by atoms with Gasteiger partial charge in [-0.15, -0.1) is 0 Å². The first kappa shape index (κ1) is 17.6. The number of benzene rings is 1. The number of aromatic nitrogens is 1. The lowest BCUT2D eigenvalue weighted by Crippen LogP contribution is -2.59. The summed E-state index contributed by atoms with van der Waals surface area (Å²) in [5, 5.41) is 1.26. The van der Waals surface area contributed by atoms with Gasteiger partial charge in [0, 0.05) is 35.7 Å². The number of rotatable bonds is 4. The molecule has 1 aromatic carbocycles. The highest BCUT2D eigenvalue weighted by Crippen LogP contribution is 2.47. The molecular weight excluding hydrogens is 324 g/mol. The molecule has 4 heteroatoms. The number of ether oxygens (including phenoxy) is 1. The molecule has 2 aliphatic rings. The van der Waals surface area contributed by atoms with Crippen LogP contribution in [0.2, 0.25) is 0 Å². The van der Waals surface area contributed by atoms with Crippen LogP contribution < -0.4 is 0 Å². The molecule has 0 spiro atoms. The number of piperidine rings is 1. The van der Waals surface area contributed by atoms with Crippen LogP contribution in [0.4, 0.5) is 0 Å². The number of fused-ring (bicyclic) bond motifs is 6. The summed E-state index contributed by atoms with van der Waals surface area (Å²) in [7, 11) is 1.54. The lowest BCUT2D eigenvalue weighted by atomic mass is 9.67. The Hall–Kier alpha value is -1.81. The third-order valence-corrected chi connectivity index (χ3v) is 6.79. The number of esters is 1. The Morgan fingerprint density at radius 3 is 2.96 bits per heavy atom. The number of aromatic amines is 1. The predicted molar refractivity (Wildman–Crippen MR) is 104 cm³/mol. The van der Waals surface area contributed by atoms with Crippen LogP contribution in [-0.4, -0.2) is 42.1 Å². The van der Waals surface area contributed by atoms with Gasteiger partial charge < -0.3 is 9.72 Å². The molecule has 4 nitrogen and oxygen atoms in total. The zero-order valence-electron chi connectivity index (χ0n) is 16.2. The maximum Gasteiger partial charge on any atom is 0.319 e. The van der Waals surface area contributed by atoms with Crippen molar-refractivity contribution in [2.45, 2.75) is 57.4 Å². The van der Waals surface area contributed by atoms with Crippen molar-refractivity contribution in [2.24, 2.45) is 5.92 Å². The van der Waals surface area contributed by atoms with E-state index < -0.39 is 5.41 Å². The summed E-state index contributed by atoms with van der Waals surface area (Å²) < 4.78 is 5.41. The Morgan fingerprint density at radius 1 is 1.38 bits per heavy atom. The zero-order valence-corrected chi connectivity index (χ0v) is 16.2. The molecule has 140 valence electrons. The van der Waals surface area contributed by atoms with Gasteiger partial charge in [0.2, 0.25) is 0 Å². The summed E-state index contributed by atoms with van der Waals surface area (Å²) in [5.41, 5.74) is 2.98. The standard InChI is InChI=1S/C22H30N2O2/c1-4-5-8-16-13-22(21(25)26-3)15(2)24(14-16)12-11-18-17-9-6-7-10-19(17)23-20(18)22/h6-7,9-10,15-16,23H,4-5,8,11-14H2,1-3H3. The van der Waals surface area contributed by atoms with E-state index in [0.29, 0.717) is 5.92 Å². The van der Waals surface area contributed by atoms with E-state index in [2.05, 4.69) is 48.0 Å². The van der Waals surface area contributed by atoms with Gasteiger partial charge in [-0.05, 0) is 43.7 Å². The molecule has 4 unspecified atom stereocenters. The molecule has 2 bridgehead atoms. The van der Waals surface area contributed by atoms with Gasteiger partial charge in [0.05, 0.1) is 7.11 Å². The Balaban J connectivity index is 1.89. The number of carbonyl (C=O) groups excluding carboxylic acids is 1. The largest absolute Gasteiger partial charge is 0.468 e. The molecule has 1 fully saturated rings. The maximum atomic E-state index is 13.3. The van der Waals surface area contributed by atoms with Gasteiger partial charge in [-0.25, -0.2) is 0 Å². The van der Waals surface area contributed by atoms with Gasteiger partial charge in [0.1, 0.15) is 5.41 Å². The van der Waals surface area contributed by atoms with Crippen LogP contribution in [0.1, 0.15) is 50.8 Å². The molecule has 4 rings (SSSR count). The Labute approximate surface area is 155 Å². The number of H-pyrrole nitrogens is 1. The van der Waals surface area contributed by atoms with Crippen molar-refractivity contribution in [1.29, 1.82) is 0 Å². The van der Waals surface area contributed by atoms with Crippen molar-refractivity contribution >= 4 is 16.9 Å². The Kier molecular flexibility index (Phi) is 4.55. The summed E-state index contributed by atoms with van der Waals surface area (Å²) >= 11 is 0. The summed E-state index contributed by atoms with van der Waals surface area (Å²) in [6.45, 7) is 6.57. The smallest absolute Gasteiger partial charge is 0.319 e. The molecule has 3 heterocycles. The molecule has 1 aromatic heterocycles. The second-order valence-corrected chi connectivity index (χ2v) is 8.12. The van der Waals surface area contributed by atoms with Crippen molar-refractivity contribution in [3.63, 3.8) is 0 Å². The van der Waals surface area contributed by atoms with Crippen molar-refractivity contribution in [1.82, 2.24) is 9.88 Å². The SMILES string of the molecule is CCCCC1CN2CCc3c([nH]c4ccccc34)C(C(=O)OC)(C1)C2C. The van der Waals surface area contributed by atoms with Gasteiger partial charge in [-0.3, -0.25) is 9.69 Å². The number of hydrogen-bond donors (Lipinski definition) is 1. The van der Waals surface area contributed by atoms with Gasteiger partial charge >= 0.3 is 5.97 Å². The van der Waals surface area contributed by atoms with Gasteiger partial charge in [0.25, 0.3) is 0 Å². The topological polar surface area (TPSA) is 45.3 Å². The van der Waals surface area contributed by atoms with Crippen molar-refractivity contribution in [3.8, 4) is 0 Å². The van der Waals surface area contributed by atoms with Crippen LogP contribution in [0.3, 0.4) is 0 Å². The van der Waals surface area contributed by atoms with E-state index in [1.54, 1.807) is 0 Å². The first-order valence-electron chi connectivity index (χ1n) is 10.0. The molecule has 0 radical (unpaired) electrons. The van der Waals surface area contributed by atoms with Crippen LogP contribution in [0.5, 0.6) is 0 Å². The minimum atomic E-state index is -0.587. The first-order chi connectivity index (χ1) is 12.6. The fourth-order valence-corrected chi connectivity index (χ4v) is 5.41. The van der Waals surface area contributed by atoms with Crippen LogP contribution in [0.15, 0.2) is 24.3 Å². The van der Waals surface area contributed by atoms with E-state index in [1.165, 1.54) is 37.3 Å². The number of carbonyl (C=O) groups is 1. The maximum absolute atomic E-state index is 13.3. The van der Waals surface area contributed by atoms with Gasteiger partial charge in [-0.1, -0.05) is 38.0 Å². The number of nitrogens with one attached hydrogen (secondary N) is 1.